The van der Waals surface area contributed by atoms with E-state index in [1.54, 1.807) is 7.11 Å². The number of nitrogens with zero attached hydrogens (tertiary/aromatic N) is 1. The third kappa shape index (κ3) is 3.53. The van der Waals surface area contributed by atoms with E-state index in [1.807, 2.05) is 29.2 Å². The molecule has 5 nitrogen and oxygen atoms in total. The van der Waals surface area contributed by atoms with Crippen LogP contribution in [0, 0.1) is 0 Å². The predicted octanol–water partition coefficient (Wildman–Crippen LogP) is 2.01. The maximum atomic E-state index is 13.0. The average Bonchev–Trinajstić information content (AvgIpc) is 2.62. The first-order chi connectivity index (χ1) is 11.1. The van der Waals surface area contributed by atoms with E-state index in [1.165, 1.54) is 0 Å². The van der Waals surface area contributed by atoms with E-state index < -0.39 is 5.60 Å². The number of morpholine rings is 1. The Hall–Kier alpha value is -1.14. The summed E-state index contributed by atoms with van der Waals surface area (Å²) in [5.41, 5.74) is 0.358. The van der Waals surface area contributed by atoms with Crippen molar-refractivity contribution in [3.05, 3.63) is 34.9 Å². The van der Waals surface area contributed by atoms with Crippen LogP contribution in [0.1, 0.15) is 24.5 Å². The van der Waals surface area contributed by atoms with Crippen molar-refractivity contribution in [2.75, 3.05) is 39.9 Å². The largest absolute Gasteiger partial charge is 0.370 e. The molecule has 1 aromatic carbocycles. The van der Waals surface area contributed by atoms with Gasteiger partial charge < -0.3 is 19.7 Å². The van der Waals surface area contributed by atoms with Crippen molar-refractivity contribution in [3.63, 3.8) is 0 Å². The summed E-state index contributed by atoms with van der Waals surface area (Å²) in [6.07, 6.45) is 1.32. The number of hydrogen-bond donors (Lipinski definition) is 1. The quantitative estimate of drug-likeness (QED) is 0.916. The molecule has 2 saturated heterocycles. The molecule has 1 unspecified atom stereocenters. The molecule has 23 heavy (non-hydrogen) atoms. The number of benzene rings is 1. The second kappa shape index (κ2) is 7.18. The maximum Gasteiger partial charge on any atom is 0.255 e. The lowest BCUT2D eigenvalue weighted by Gasteiger charge is -2.41. The van der Waals surface area contributed by atoms with Gasteiger partial charge in [0.15, 0.2) is 0 Å². The van der Waals surface area contributed by atoms with Gasteiger partial charge in [-0.3, -0.25) is 4.79 Å². The normalized spacial score (nSPS) is 24.4. The monoisotopic (exact) mass is 338 g/mol. The topological polar surface area (TPSA) is 50.8 Å². The molecule has 1 atom stereocenters. The summed E-state index contributed by atoms with van der Waals surface area (Å²) in [6.45, 7) is 3.33. The van der Waals surface area contributed by atoms with E-state index in [0.717, 1.165) is 18.7 Å². The lowest BCUT2D eigenvalue weighted by atomic mass is 9.90. The first kappa shape index (κ1) is 16.7. The Bertz CT molecular complexity index is 543. The van der Waals surface area contributed by atoms with Gasteiger partial charge in [-0.25, -0.2) is 0 Å². The highest BCUT2D eigenvalue weighted by Gasteiger charge is 2.43. The standard InChI is InChI=1S/C17H23ClN2O3/c1-22-17(6-8-19-9-7-17)16(21)20-10-11-23-15(12-20)13-2-4-14(18)5-3-13/h2-5,15,19H,6-12H2,1H3. The predicted molar refractivity (Wildman–Crippen MR) is 88.6 cm³/mol. The van der Waals surface area contributed by atoms with Crippen LogP contribution in [0.5, 0.6) is 0 Å². The number of carbonyl (C=O) groups excluding carboxylic acids is 1. The number of hydrogen-bond acceptors (Lipinski definition) is 4. The lowest BCUT2D eigenvalue weighted by Crippen LogP contribution is -2.57. The summed E-state index contributed by atoms with van der Waals surface area (Å²) in [5, 5.41) is 3.98. The van der Waals surface area contributed by atoms with Crippen molar-refractivity contribution in [1.29, 1.82) is 0 Å². The van der Waals surface area contributed by atoms with E-state index in [-0.39, 0.29) is 12.0 Å². The molecule has 2 aliphatic rings. The highest BCUT2D eigenvalue weighted by molar-refractivity contribution is 6.30. The number of halogens is 1. The first-order valence-corrected chi connectivity index (χ1v) is 8.45. The van der Waals surface area contributed by atoms with E-state index in [9.17, 15) is 4.79 Å². The Balaban J connectivity index is 1.72. The van der Waals surface area contributed by atoms with Crippen LogP contribution in [0.4, 0.5) is 0 Å². The number of rotatable bonds is 3. The van der Waals surface area contributed by atoms with Crippen molar-refractivity contribution in [2.24, 2.45) is 0 Å². The molecule has 3 rings (SSSR count). The van der Waals surface area contributed by atoms with Crippen molar-refractivity contribution >= 4 is 17.5 Å². The second-order valence-electron chi connectivity index (χ2n) is 6.11. The lowest BCUT2D eigenvalue weighted by molar-refractivity contribution is -0.165. The fourth-order valence-electron chi connectivity index (χ4n) is 3.34. The molecule has 1 N–H and O–H groups in total. The fourth-order valence-corrected chi connectivity index (χ4v) is 3.46. The number of amides is 1. The molecular formula is C17H23ClN2O3. The molecule has 0 bridgehead atoms. The van der Waals surface area contributed by atoms with Gasteiger partial charge in [0.05, 0.1) is 13.2 Å². The molecule has 2 aliphatic heterocycles. The summed E-state index contributed by atoms with van der Waals surface area (Å²) in [4.78, 5) is 14.9. The number of piperidine rings is 1. The zero-order valence-corrected chi connectivity index (χ0v) is 14.1. The fraction of sp³-hybridized carbons (Fsp3) is 0.588. The van der Waals surface area contributed by atoms with Crippen molar-refractivity contribution in [1.82, 2.24) is 10.2 Å². The van der Waals surface area contributed by atoms with Crippen LogP contribution < -0.4 is 5.32 Å². The zero-order valence-electron chi connectivity index (χ0n) is 13.4. The van der Waals surface area contributed by atoms with Crippen LogP contribution in [-0.4, -0.2) is 56.3 Å². The maximum absolute atomic E-state index is 13.0. The van der Waals surface area contributed by atoms with E-state index in [2.05, 4.69) is 5.32 Å². The minimum atomic E-state index is -0.687. The summed E-state index contributed by atoms with van der Waals surface area (Å²) in [6, 6.07) is 7.62. The van der Waals surface area contributed by atoms with Gasteiger partial charge in [-0.2, -0.15) is 0 Å². The Morgan fingerprint density at radius 2 is 2.04 bits per heavy atom. The molecule has 2 fully saturated rings. The Labute approximate surface area is 141 Å². The molecule has 126 valence electrons. The van der Waals surface area contributed by atoms with Crippen LogP contribution in [0.25, 0.3) is 0 Å². The summed E-state index contributed by atoms with van der Waals surface area (Å²) >= 11 is 5.94. The molecule has 1 amide bonds. The molecule has 6 heteroatoms. The molecule has 0 aliphatic carbocycles. The highest BCUT2D eigenvalue weighted by atomic mass is 35.5. The van der Waals surface area contributed by atoms with Gasteiger partial charge in [0.2, 0.25) is 0 Å². The molecule has 0 spiro atoms. The molecular weight excluding hydrogens is 316 g/mol. The van der Waals surface area contributed by atoms with Crippen LogP contribution in [-0.2, 0) is 14.3 Å². The summed E-state index contributed by atoms with van der Waals surface area (Å²) < 4.78 is 11.5. The van der Waals surface area contributed by atoms with Gasteiger partial charge in [0.1, 0.15) is 11.7 Å². The van der Waals surface area contributed by atoms with Crippen LogP contribution in [0.2, 0.25) is 5.02 Å². The first-order valence-electron chi connectivity index (χ1n) is 8.07. The van der Waals surface area contributed by atoms with Gasteiger partial charge in [0.25, 0.3) is 5.91 Å². The highest BCUT2D eigenvalue weighted by Crippen LogP contribution is 2.29. The Morgan fingerprint density at radius 1 is 1.35 bits per heavy atom. The number of methoxy groups -OCH3 is 1. The molecule has 0 saturated carbocycles. The minimum absolute atomic E-state index is 0.0868. The Morgan fingerprint density at radius 3 is 2.70 bits per heavy atom. The van der Waals surface area contributed by atoms with Gasteiger partial charge >= 0.3 is 0 Å². The zero-order chi connectivity index (χ0) is 16.3. The van der Waals surface area contributed by atoms with Crippen LogP contribution >= 0.6 is 11.6 Å². The average molecular weight is 339 g/mol. The van der Waals surface area contributed by atoms with E-state index in [4.69, 9.17) is 21.1 Å². The number of ether oxygens (including phenoxy) is 2. The molecule has 2 heterocycles. The second-order valence-corrected chi connectivity index (χ2v) is 6.55. The van der Waals surface area contributed by atoms with Crippen LogP contribution in [0.3, 0.4) is 0 Å². The summed E-state index contributed by atoms with van der Waals surface area (Å²) in [5.74, 6) is 0.0868. The molecule has 1 aromatic rings. The van der Waals surface area contributed by atoms with Gasteiger partial charge in [-0.05, 0) is 43.6 Å². The summed E-state index contributed by atoms with van der Waals surface area (Å²) in [7, 11) is 1.64. The molecule has 0 aromatic heterocycles. The SMILES string of the molecule is COC1(C(=O)N2CCOC(c3ccc(Cl)cc3)C2)CCNCC1. The molecule has 0 radical (unpaired) electrons. The van der Waals surface area contributed by atoms with Crippen molar-refractivity contribution in [2.45, 2.75) is 24.5 Å². The van der Waals surface area contributed by atoms with Gasteiger partial charge in [0, 0.05) is 18.7 Å². The third-order valence-corrected chi connectivity index (χ3v) is 5.04. The number of nitrogens with one attached hydrogen (secondary N) is 1. The van der Waals surface area contributed by atoms with Gasteiger partial charge in [-0.15, -0.1) is 0 Å². The smallest absolute Gasteiger partial charge is 0.255 e. The van der Waals surface area contributed by atoms with E-state index in [0.29, 0.717) is 37.6 Å². The third-order valence-electron chi connectivity index (χ3n) is 4.79. The Kier molecular flexibility index (Phi) is 5.21. The van der Waals surface area contributed by atoms with Crippen LogP contribution in [0.15, 0.2) is 24.3 Å². The number of carbonyl (C=O) groups is 1. The van der Waals surface area contributed by atoms with E-state index >= 15 is 0 Å². The van der Waals surface area contributed by atoms with Crippen molar-refractivity contribution in [3.8, 4) is 0 Å². The van der Waals surface area contributed by atoms with Gasteiger partial charge in [-0.1, -0.05) is 23.7 Å². The minimum Gasteiger partial charge on any atom is -0.370 e. The van der Waals surface area contributed by atoms with Crippen molar-refractivity contribution < 1.29 is 14.3 Å².